The lowest BCUT2D eigenvalue weighted by Gasteiger charge is -2.26. The van der Waals surface area contributed by atoms with Crippen LogP contribution in [0, 0.1) is 0 Å². The number of nitrogens with two attached hydrogens (primary N) is 1. The van der Waals surface area contributed by atoms with Crippen LogP contribution in [-0.2, 0) is 27.5 Å². The quantitative estimate of drug-likeness (QED) is 0.619. The number of hydrogen-bond acceptors (Lipinski definition) is 6. The van der Waals surface area contributed by atoms with Gasteiger partial charge in [0.15, 0.2) is 5.82 Å². The monoisotopic (exact) mass is 404 g/mol. The maximum Gasteiger partial charge on any atom is 0.152 e. The number of hydrogen-bond donors (Lipinski definition) is 1. The van der Waals surface area contributed by atoms with Crippen molar-refractivity contribution in [3.63, 3.8) is 0 Å². The van der Waals surface area contributed by atoms with Crippen LogP contribution < -0.4 is 5.73 Å². The highest BCUT2D eigenvalue weighted by Crippen LogP contribution is 2.32. The second-order valence-corrected chi connectivity index (χ2v) is 10.1. The minimum absolute atomic E-state index is 0.0120. The Morgan fingerprint density at radius 3 is 2.71 bits per heavy atom. The Hall–Kier alpha value is -2.19. The Balaban J connectivity index is 2.00. The van der Waals surface area contributed by atoms with E-state index < -0.39 is 15.4 Å². The fraction of sp³-hybridized carbons (Fsp3) is 0.500. The average molecular weight is 405 g/mol. The van der Waals surface area contributed by atoms with Crippen molar-refractivity contribution in [2.75, 3.05) is 24.3 Å². The van der Waals surface area contributed by atoms with Gasteiger partial charge in [0, 0.05) is 36.2 Å². The first kappa shape index (κ1) is 20.5. The van der Waals surface area contributed by atoms with E-state index in [-0.39, 0.29) is 12.4 Å². The van der Waals surface area contributed by atoms with Crippen molar-refractivity contribution in [3.05, 3.63) is 30.0 Å². The molecule has 0 fully saturated rings. The van der Waals surface area contributed by atoms with E-state index in [0.717, 1.165) is 34.8 Å². The molecule has 0 aliphatic carbocycles. The van der Waals surface area contributed by atoms with E-state index in [0.29, 0.717) is 17.8 Å². The molecule has 0 aliphatic heterocycles. The van der Waals surface area contributed by atoms with Crippen molar-refractivity contribution in [3.8, 4) is 0 Å². The summed E-state index contributed by atoms with van der Waals surface area (Å²) < 4.78 is 30.6. The molecular weight excluding hydrogens is 376 g/mol. The molecule has 2 aromatic heterocycles. The van der Waals surface area contributed by atoms with Crippen molar-refractivity contribution in [1.82, 2.24) is 14.8 Å². The first-order valence-electron chi connectivity index (χ1n) is 9.45. The first-order valence-corrected chi connectivity index (χ1v) is 11.5. The van der Waals surface area contributed by atoms with Crippen molar-refractivity contribution < 1.29 is 13.2 Å². The molecule has 2 N–H and O–H groups in total. The van der Waals surface area contributed by atoms with Crippen LogP contribution in [0.3, 0.4) is 0 Å². The fourth-order valence-electron chi connectivity index (χ4n) is 3.44. The lowest BCUT2D eigenvalue weighted by atomic mass is 9.94. The highest BCUT2D eigenvalue weighted by atomic mass is 32.2. The van der Waals surface area contributed by atoms with Crippen LogP contribution in [0.2, 0.25) is 0 Å². The molecule has 152 valence electrons. The zero-order valence-corrected chi connectivity index (χ0v) is 17.7. The molecule has 0 spiro atoms. The lowest BCUT2D eigenvalue weighted by molar-refractivity contribution is -0.00798. The van der Waals surface area contributed by atoms with Crippen molar-refractivity contribution >= 4 is 37.5 Å². The van der Waals surface area contributed by atoms with Gasteiger partial charge in [-0.1, -0.05) is 19.1 Å². The number of ether oxygens (including phenoxy) is 1. The van der Waals surface area contributed by atoms with Gasteiger partial charge in [0.05, 0.1) is 23.5 Å². The molecule has 8 heteroatoms. The van der Waals surface area contributed by atoms with Crippen LogP contribution in [0.5, 0.6) is 0 Å². The van der Waals surface area contributed by atoms with Crippen molar-refractivity contribution in [1.29, 1.82) is 0 Å². The van der Waals surface area contributed by atoms with Gasteiger partial charge in [-0.05, 0) is 31.9 Å². The molecular formula is C20H28N4O3S. The second kappa shape index (κ2) is 7.67. The number of sulfone groups is 1. The van der Waals surface area contributed by atoms with E-state index in [1.54, 1.807) is 0 Å². The molecule has 0 bridgehead atoms. The summed E-state index contributed by atoms with van der Waals surface area (Å²) in [6.45, 7) is 7.03. The van der Waals surface area contributed by atoms with E-state index in [1.807, 2.05) is 36.9 Å². The van der Waals surface area contributed by atoms with Gasteiger partial charge < -0.3 is 10.5 Å². The molecule has 0 unspecified atom stereocenters. The molecule has 0 amide bonds. The highest BCUT2D eigenvalue weighted by Gasteiger charge is 2.23. The molecule has 0 atom stereocenters. The number of aryl methyl sites for hydroxylation is 1. The summed E-state index contributed by atoms with van der Waals surface area (Å²) in [6.07, 6.45) is 4.84. The predicted octanol–water partition coefficient (Wildman–Crippen LogP) is 2.96. The summed E-state index contributed by atoms with van der Waals surface area (Å²) in [5.74, 6) is 0.441. The first-order chi connectivity index (χ1) is 13.1. The molecule has 0 saturated heterocycles. The molecule has 28 heavy (non-hydrogen) atoms. The lowest BCUT2D eigenvalue weighted by Crippen LogP contribution is -2.30. The minimum atomic E-state index is -3.05. The van der Waals surface area contributed by atoms with Gasteiger partial charge in [-0.3, -0.25) is 4.68 Å². The number of nitrogens with zero attached hydrogens (tertiary/aromatic N) is 3. The fourth-order valence-corrected chi connectivity index (χ4v) is 3.82. The van der Waals surface area contributed by atoms with Gasteiger partial charge >= 0.3 is 0 Å². The number of nitrogen functional groups attached to an aromatic ring is 1. The topological polar surface area (TPSA) is 100 Å². The van der Waals surface area contributed by atoms with Crippen LogP contribution >= 0.6 is 0 Å². The van der Waals surface area contributed by atoms with Gasteiger partial charge in [-0.2, -0.15) is 5.10 Å². The summed E-state index contributed by atoms with van der Waals surface area (Å²) in [5, 5.41) is 6.60. The zero-order chi connectivity index (χ0) is 20.5. The van der Waals surface area contributed by atoms with Crippen LogP contribution in [0.25, 0.3) is 21.8 Å². The van der Waals surface area contributed by atoms with Gasteiger partial charge in [-0.15, -0.1) is 0 Å². The summed E-state index contributed by atoms with van der Waals surface area (Å²) in [5.41, 5.74) is 8.24. The van der Waals surface area contributed by atoms with E-state index in [4.69, 9.17) is 10.5 Å². The maximum atomic E-state index is 11.4. The number of aromatic nitrogens is 3. The highest BCUT2D eigenvalue weighted by molar-refractivity contribution is 7.90. The van der Waals surface area contributed by atoms with E-state index >= 15 is 0 Å². The summed E-state index contributed by atoms with van der Waals surface area (Å²) >= 11 is 0. The minimum Gasteiger partial charge on any atom is -0.382 e. The van der Waals surface area contributed by atoms with Gasteiger partial charge in [-0.25, -0.2) is 13.4 Å². The molecule has 1 aromatic carbocycles. The Bertz CT molecular complexity index is 1100. The normalized spacial score (nSPS) is 12.9. The third-order valence-corrected chi connectivity index (χ3v) is 5.57. The summed E-state index contributed by atoms with van der Waals surface area (Å²) in [4.78, 5) is 4.54. The third kappa shape index (κ3) is 4.62. The molecule has 3 aromatic rings. The molecule has 3 rings (SSSR count). The smallest absolute Gasteiger partial charge is 0.152 e. The molecule has 0 radical (unpaired) electrons. The molecule has 0 aliphatic rings. The molecule has 7 nitrogen and oxygen atoms in total. The van der Waals surface area contributed by atoms with Gasteiger partial charge in [0.2, 0.25) is 0 Å². The zero-order valence-electron chi connectivity index (χ0n) is 16.9. The van der Waals surface area contributed by atoms with Crippen LogP contribution in [-0.4, -0.2) is 47.4 Å². The largest absolute Gasteiger partial charge is 0.382 e. The van der Waals surface area contributed by atoms with Crippen molar-refractivity contribution in [2.24, 2.45) is 0 Å². The average Bonchev–Trinajstić information content (AvgIpc) is 2.98. The molecule has 2 heterocycles. The number of benzene rings is 1. The number of fused-ring (bicyclic) bond motifs is 3. The van der Waals surface area contributed by atoms with E-state index in [1.165, 1.54) is 6.26 Å². The van der Waals surface area contributed by atoms with E-state index in [9.17, 15) is 8.42 Å². The Labute approximate surface area is 165 Å². The standard InChI is InChI=1S/C20H28N4O3S/c1-5-9-24-13-15-17-14(12-20(2,3)27-10-11-28(4,25)26)7-6-8-16(17)22-19(21)18(15)23-24/h6-8,13H,5,9-12H2,1-4H3,(H2,21,22). The van der Waals surface area contributed by atoms with Crippen LogP contribution in [0.15, 0.2) is 24.4 Å². The van der Waals surface area contributed by atoms with Crippen LogP contribution in [0.1, 0.15) is 32.8 Å². The second-order valence-electron chi connectivity index (χ2n) is 7.88. The number of anilines is 1. The molecule has 0 saturated carbocycles. The van der Waals surface area contributed by atoms with Crippen molar-refractivity contribution in [2.45, 2.75) is 45.8 Å². The van der Waals surface area contributed by atoms with Gasteiger partial charge in [0.1, 0.15) is 15.4 Å². The van der Waals surface area contributed by atoms with E-state index in [2.05, 4.69) is 23.1 Å². The Kier molecular flexibility index (Phi) is 5.63. The number of pyridine rings is 1. The summed E-state index contributed by atoms with van der Waals surface area (Å²) in [7, 11) is -3.05. The summed E-state index contributed by atoms with van der Waals surface area (Å²) in [6, 6.07) is 5.96. The third-order valence-electron chi connectivity index (χ3n) is 4.66. The van der Waals surface area contributed by atoms with Crippen LogP contribution in [0.4, 0.5) is 5.82 Å². The Morgan fingerprint density at radius 2 is 2.04 bits per heavy atom. The van der Waals surface area contributed by atoms with Gasteiger partial charge in [0.25, 0.3) is 0 Å². The predicted molar refractivity (Wildman–Crippen MR) is 113 cm³/mol. The maximum absolute atomic E-state index is 11.4. The Morgan fingerprint density at radius 1 is 1.29 bits per heavy atom. The number of rotatable bonds is 8. The SMILES string of the molecule is CCCn1cc2c(n1)c(N)nc1cccc(CC(C)(C)OCCS(C)(=O)=O)c12.